The third-order valence-electron chi connectivity index (χ3n) is 5.29. The average Bonchev–Trinajstić information content (AvgIpc) is 3.12. The summed E-state index contributed by atoms with van der Waals surface area (Å²) in [7, 11) is 0. The van der Waals surface area contributed by atoms with E-state index in [1.807, 2.05) is 42.5 Å². The molecule has 2 aromatic carbocycles. The van der Waals surface area contributed by atoms with Crippen LogP contribution in [-0.4, -0.2) is 10.9 Å². The molecule has 1 heterocycles. The van der Waals surface area contributed by atoms with Gasteiger partial charge in [-0.1, -0.05) is 73.3 Å². The van der Waals surface area contributed by atoms with E-state index in [0.717, 1.165) is 41.8 Å². The lowest BCUT2D eigenvalue weighted by Crippen LogP contribution is -2.33. The molecule has 3 aromatic rings. The summed E-state index contributed by atoms with van der Waals surface area (Å²) < 4.78 is 0. The maximum Gasteiger partial charge on any atom is 0.236 e. The number of hydrogen-bond donors (Lipinski definition) is 0. The Bertz CT molecular complexity index is 964. The van der Waals surface area contributed by atoms with Gasteiger partial charge in [0, 0.05) is 16.4 Å². The molecule has 0 aliphatic heterocycles. The van der Waals surface area contributed by atoms with Crippen LogP contribution in [0.1, 0.15) is 37.0 Å². The van der Waals surface area contributed by atoms with Crippen LogP contribution in [0, 0.1) is 12.8 Å². The second-order valence-corrected chi connectivity index (χ2v) is 8.82. The molecule has 0 unspecified atom stereocenters. The standard InChI is InChI=1S/C23H23ClN2OS/c1-16-21(17-10-4-2-5-11-17)25-23(28-16)26(20-15-9-8-14-19(20)24)22(27)18-12-6-3-7-13-18/h2,4-5,8-11,14-15,18H,3,6-7,12-13H2,1H3. The first-order valence-corrected chi connectivity index (χ1v) is 11.0. The van der Waals surface area contributed by atoms with Crippen molar-refractivity contribution in [2.45, 2.75) is 39.0 Å². The fourth-order valence-electron chi connectivity index (χ4n) is 3.82. The molecule has 0 atom stereocenters. The molecule has 1 saturated carbocycles. The summed E-state index contributed by atoms with van der Waals surface area (Å²) in [6.45, 7) is 2.05. The van der Waals surface area contributed by atoms with E-state index in [1.54, 1.807) is 16.2 Å². The Morgan fingerprint density at radius 3 is 2.43 bits per heavy atom. The van der Waals surface area contributed by atoms with Crippen LogP contribution >= 0.6 is 22.9 Å². The smallest absolute Gasteiger partial charge is 0.236 e. The second-order valence-electron chi connectivity index (χ2n) is 7.23. The van der Waals surface area contributed by atoms with E-state index >= 15 is 0 Å². The summed E-state index contributed by atoms with van der Waals surface area (Å²) in [6.07, 6.45) is 5.31. The van der Waals surface area contributed by atoms with Crippen LogP contribution in [-0.2, 0) is 4.79 Å². The third-order valence-corrected chi connectivity index (χ3v) is 6.57. The number of rotatable bonds is 4. The molecular weight excluding hydrogens is 388 g/mol. The highest BCUT2D eigenvalue weighted by molar-refractivity contribution is 7.16. The summed E-state index contributed by atoms with van der Waals surface area (Å²) in [4.78, 5) is 21.3. The van der Waals surface area contributed by atoms with Crippen LogP contribution in [0.3, 0.4) is 0 Å². The van der Waals surface area contributed by atoms with Gasteiger partial charge in [0.25, 0.3) is 0 Å². The van der Waals surface area contributed by atoms with Gasteiger partial charge in [0.2, 0.25) is 5.91 Å². The number of thiazole rings is 1. The lowest BCUT2D eigenvalue weighted by Gasteiger charge is -2.28. The van der Waals surface area contributed by atoms with Crippen molar-refractivity contribution in [1.82, 2.24) is 4.98 Å². The predicted octanol–water partition coefficient (Wildman–Crippen LogP) is 7.02. The molecule has 1 aliphatic rings. The molecule has 3 nitrogen and oxygen atoms in total. The van der Waals surface area contributed by atoms with Crippen molar-refractivity contribution in [3.8, 4) is 11.3 Å². The van der Waals surface area contributed by atoms with E-state index in [2.05, 4.69) is 19.1 Å². The van der Waals surface area contributed by atoms with Gasteiger partial charge in [-0.2, -0.15) is 0 Å². The monoisotopic (exact) mass is 410 g/mol. The summed E-state index contributed by atoms with van der Waals surface area (Å²) in [6, 6.07) is 17.6. The van der Waals surface area contributed by atoms with Gasteiger partial charge in [-0.25, -0.2) is 4.98 Å². The molecule has 1 fully saturated rings. The van der Waals surface area contributed by atoms with E-state index in [-0.39, 0.29) is 11.8 Å². The average molecular weight is 411 g/mol. The number of benzene rings is 2. The molecule has 1 aromatic heterocycles. The van der Waals surface area contributed by atoms with Crippen molar-refractivity contribution >= 4 is 39.7 Å². The molecule has 0 N–H and O–H groups in total. The zero-order chi connectivity index (χ0) is 19.5. The Hall–Kier alpha value is -2.17. The van der Waals surface area contributed by atoms with Crippen molar-refractivity contribution in [2.75, 3.05) is 4.90 Å². The normalized spacial score (nSPS) is 14.8. The van der Waals surface area contributed by atoms with Crippen LogP contribution in [0.2, 0.25) is 5.02 Å². The Morgan fingerprint density at radius 2 is 1.71 bits per heavy atom. The van der Waals surface area contributed by atoms with E-state index in [0.29, 0.717) is 15.8 Å². The topological polar surface area (TPSA) is 33.2 Å². The van der Waals surface area contributed by atoms with Crippen molar-refractivity contribution < 1.29 is 4.79 Å². The number of anilines is 2. The maximum atomic E-state index is 13.5. The number of halogens is 1. The fraction of sp³-hybridized carbons (Fsp3) is 0.304. The number of hydrogen-bond acceptors (Lipinski definition) is 3. The Kier molecular flexibility index (Phi) is 5.79. The first-order valence-electron chi connectivity index (χ1n) is 9.76. The molecule has 0 radical (unpaired) electrons. The number of aromatic nitrogens is 1. The number of para-hydroxylation sites is 1. The first kappa shape index (κ1) is 19.2. The molecule has 5 heteroatoms. The van der Waals surface area contributed by atoms with Gasteiger partial charge in [-0.3, -0.25) is 9.69 Å². The van der Waals surface area contributed by atoms with Crippen molar-refractivity contribution in [3.63, 3.8) is 0 Å². The highest BCUT2D eigenvalue weighted by Gasteiger charge is 2.31. The van der Waals surface area contributed by atoms with E-state index in [9.17, 15) is 4.79 Å². The van der Waals surface area contributed by atoms with Gasteiger partial charge in [-0.05, 0) is 31.9 Å². The Labute approximate surface area is 175 Å². The van der Waals surface area contributed by atoms with Gasteiger partial charge in [0.05, 0.1) is 16.4 Å². The Balaban J connectivity index is 1.78. The lowest BCUT2D eigenvalue weighted by atomic mass is 9.88. The third kappa shape index (κ3) is 3.85. The molecule has 0 spiro atoms. The van der Waals surface area contributed by atoms with E-state index in [4.69, 9.17) is 16.6 Å². The predicted molar refractivity (Wildman–Crippen MR) is 117 cm³/mol. The fourth-order valence-corrected chi connectivity index (χ4v) is 4.99. The lowest BCUT2D eigenvalue weighted by molar-refractivity contribution is -0.122. The molecule has 144 valence electrons. The molecule has 4 rings (SSSR count). The summed E-state index contributed by atoms with van der Waals surface area (Å²) in [5.74, 6) is 0.149. The van der Waals surface area contributed by atoms with Gasteiger partial charge in [-0.15, -0.1) is 11.3 Å². The summed E-state index contributed by atoms with van der Waals surface area (Å²) in [5, 5.41) is 1.26. The maximum absolute atomic E-state index is 13.5. The second kappa shape index (κ2) is 8.46. The van der Waals surface area contributed by atoms with Gasteiger partial charge < -0.3 is 0 Å². The highest BCUT2D eigenvalue weighted by Crippen LogP contribution is 2.40. The zero-order valence-corrected chi connectivity index (χ0v) is 17.5. The SMILES string of the molecule is Cc1sc(N(C(=O)C2CCCCC2)c2ccccc2Cl)nc1-c1ccccc1. The summed E-state index contributed by atoms with van der Waals surface area (Å²) in [5.41, 5.74) is 2.70. The quantitative estimate of drug-likeness (QED) is 0.463. The van der Waals surface area contributed by atoms with Crippen LogP contribution < -0.4 is 4.90 Å². The van der Waals surface area contributed by atoms with Crippen LogP contribution in [0.15, 0.2) is 54.6 Å². The van der Waals surface area contributed by atoms with Gasteiger partial charge >= 0.3 is 0 Å². The van der Waals surface area contributed by atoms with E-state index < -0.39 is 0 Å². The molecular formula is C23H23ClN2OS. The molecule has 28 heavy (non-hydrogen) atoms. The van der Waals surface area contributed by atoms with Gasteiger partial charge in [0.15, 0.2) is 5.13 Å². The highest BCUT2D eigenvalue weighted by atomic mass is 35.5. The number of carbonyl (C=O) groups is 1. The molecule has 0 saturated heterocycles. The largest absolute Gasteiger partial charge is 0.274 e. The molecule has 1 amide bonds. The number of nitrogens with zero attached hydrogens (tertiary/aromatic N) is 2. The zero-order valence-electron chi connectivity index (χ0n) is 15.9. The summed E-state index contributed by atoms with van der Waals surface area (Å²) >= 11 is 8.05. The van der Waals surface area contributed by atoms with Crippen molar-refractivity contribution in [2.24, 2.45) is 5.92 Å². The van der Waals surface area contributed by atoms with Crippen LogP contribution in [0.4, 0.5) is 10.8 Å². The minimum atomic E-state index is 0.0365. The minimum absolute atomic E-state index is 0.0365. The molecule has 1 aliphatic carbocycles. The minimum Gasteiger partial charge on any atom is -0.274 e. The first-order chi connectivity index (χ1) is 13.6. The van der Waals surface area contributed by atoms with Gasteiger partial charge in [0.1, 0.15) is 0 Å². The van der Waals surface area contributed by atoms with Crippen LogP contribution in [0.5, 0.6) is 0 Å². The number of aryl methyl sites for hydroxylation is 1. The van der Waals surface area contributed by atoms with E-state index in [1.165, 1.54) is 6.42 Å². The van der Waals surface area contributed by atoms with Crippen molar-refractivity contribution in [3.05, 3.63) is 64.5 Å². The number of amides is 1. The Morgan fingerprint density at radius 1 is 1.04 bits per heavy atom. The molecule has 0 bridgehead atoms. The van der Waals surface area contributed by atoms with Crippen molar-refractivity contribution in [1.29, 1.82) is 0 Å². The van der Waals surface area contributed by atoms with Crippen LogP contribution in [0.25, 0.3) is 11.3 Å². The number of carbonyl (C=O) groups excluding carboxylic acids is 1.